The number of halogens is 1. The van der Waals surface area contributed by atoms with Crippen molar-refractivity contribution in [3.05, 3.63) is 27.8 Å². The van der Waals surface area contributed by atoms with E-state index in [0.717, 1.165) is 9.26 Å². The fourth-order valence-electron chi connectivity index (χ4n) is 0.893. The quantitative estimate of drug-likeness (QED) is 0.720. The molecule has 64 valence electrons. The van der Waals surface area contributed by atoms with Gasteiger partial charge in [-0.2, -0.15) is 0 Å². The minimum atomic E-state index is 0.0547. The van der Waals surface area contributed by atoms with Gasteiger partial charge in [-0.25, -0.2) is 0 Å². The molecule has 0 spiro atoms. The first kappa shape index (κ1) is 9.51. The van der Waals surface area contributed by atoms with Crippen LogP contribution in [0.25, 0.3) is 0 Å². The number of nitrogens with zero attached hydrogens (tertiary/aromatic N) is 1. The Balaban J connectivity index is 3.02. The first-order valence-corrected chi connectivity index (χ1v) is 4.69. The van der Waals surface area contributed by atoms with Gasteiger partial charge in [0.05, 0.1) is 5.69 Å². The van der Waals surface area contributed by atoms with E-state index in [4.69, 9.17) is 0 Å². The summed E-state index contributed by atoms with van der Waals surface area (Å²) in [6.45, 7) is 1.56. The summed E-state index contributed by atoms with van der Waals surface area (Å²) in [7, 11) is 1.78. The first-order valence-electron chi connectivity index (χ1n) is 3.61. The van der Waals surface area contributed by atoms with Crippen LogP contribution in [0.15, 0.2) is 24.3 Å². The third-order valence-corrected chi connectivity index (χ3v) is 2.60. The molecule has 3 heteroatoms. The molecule has 1 rings (SSSR count). The number of carbonyl (C=O) groups is 1. The summed E-state index contributed by atoms with van der Waals surface area (Å²) in [5.74, 6) is 0.0547. The van der Waals surface area contributed by atoms with Gasteiger partial charge in [-0.05, 0) is 34.7 Å². The van der Waals surface area contributed by atoms with Crippen LogP contribution < -0.4 is 4.90 Å². The molecule has 0 bridgehead atoms. The van der Waals surface area contributed by atoms with Crippen molar-refractivity contribution in [3.8, 4) is 0 Å². The van der Waals surface area contributed by atoms with Crippen molar-refractivity contribution in [1.82, 2.24) is 0 Å². The monoisotopic (exact) mass is 275 g/mol. The molecule has 0 unspecified atom stereocenters. The molecular formula is C9H10INO. The number of benzene rings is 1. The predicted molar refractivity (Wildman–Crippen MR) is 58.2 cm³/mol. The topological polar surface area (TPSA) is 20.3 Å². The van der Waals surface area contributed by atoms with Gasteiger partial charge in [-0.1, -0.05) is 12.1 Å². The van der Waals surface area contributed by atoms with Crippen LogP contribution in [0, 0.1) is 3.57 Å². The molecule has 0 fully saturated rings. The van der Waals surface area contributed by atoms with Gasteiger partial charge in [0.15, 0.2) is 0 Å². The van der Waals surface area contributed by atoms with E-state index < -0.39 is 0 Å². The second-order valence-corrected chi connectivity index (χ2v) is 3.69. The van der Waals surface area contributed by atoms with Crippen molar-refractivity contribution in [3.63, 3.8) is 0 Å². The highest BCUT2D eigenvalue weighted by Gasteiger charge is 2.07. The lowest BCUT2D eigenvalue weighted by Crippen LogP contribution is -2.23. The van der Waals surface area contributed by atoms with Gasteiger partial charge >= 0.3 is 0 Å². The van der Waals surface area contributed by atoms with E-state index in [1.807, 2.05) is 24.3 Å². The van der Waals surface area contributed by atoms with Crippen LogP contribution >= 0.6 is 22.6 Å². The Morgan fingerprint density at radius 2 is 2.00 bits per heavy atom. The van der Waals surface area contributed by atoms with E-state index in [1.165, 1.54) is 0 Å². The largest absolute Gasteiger partial charge is 0.315 e. The van der Waals surface area contributed by atoms with Gasteiger partial charge in [-0.3, -0.25) is 4.79 Å². The highest BCUT2D eigenvalue weighted by atomic mass is 127. The molecule has 0 aliphatic carbocycles. The molecule has 12 heavy (non-hydrogen) atoms. The van der Waals surface area contributed by atoms with Crippen LogP contribution in [0.4, 0.5) is 5.69 Å². The zero-order valence-corrected chi connectivity index (χ0v) is 9.20. The molecule has 2 nitrogen and oxygen atoms in total. The van der Waals surface area contributed by atoms with E-state index in [-0.39, 0.29) is 5.91 Å². The molecule has 0 aliphatic heterocycles. The number of carbonyl (C=O) groups excluding carboxylic acids is 1. The van der Waals surface area contributed by atoms with Crippen LogP contribution in [0.1, 0.15) is 6.92 Å². The maximum Gasteiger partial charge on any atom is 0.223 e. The molecule has 0 saturated carbocycles. The van der Waals surface area contributed by atoms with E-state index >= 15 is 0 Å². The summed E-state index contributed by atoms with van der Waals surface area (Å²) >= 11 is 2.22. The van der Waals surface area contributed by atoms with Gasteiger partial charge in [0.2, 0.25) is 5.91 Å². The normalized spacial score (nSPS) is 9.58. The summed E-state index contributed by atoms with van der Waals surface area (Å²) in [4.78, 5) is 12.7. The lowest BCUT2D eigenvalue weighted by Gasteiger charge is -2.16. The molecule has 0 N–H and O–H groups in total. The molecule has 1 aromatic carbocycles. The average Bonchev–Trinajstić information content (AvgIpc) is 2.04. The Bertz CT molecular complexity index is 298. The van der Waals surface area contributed by atoms with E-state index in [0.29, 0.717) is 0 Å². The van der Waals surface area contributed by atoms with Crippen molar-refractivity contribution >= 4 is 34.2 Å². The van der Waals surface area contributed by atoms with Crippen LogP contribution in [-0.2, 0) is 4.79 Å². The van der Waals surface area contributed by atoms with Crippen molar-refractivity contribution in [2.24, 2.45) is 0 Å². The average molecular weight is 275 g/mol. The molecule has 1 amide bonds. The van der Waals surface area contributed by atoms with Gasteiger partial charge in [0, 0.05) is 17.5 Å². The zero-order valence-electron chi connectivity index (χ0n) is 7.04. The van der Waals surface area contributed by atoms with Crippen molar-refractivity contribution in [1.29, 1.82) is 0 Å². The predicted octanol–water partition coefficient (Wildman–Crippen LogP) is 2.27. The van der Waals surface area contributed by atoms with E-state index in [9.17, 15) is 4.79 Å². The van der Waals surface area contributed by atoms with Crippen LogP contribution in [0.5, 0.6) is 0 Å². The maximum absolute atomic E-state index is 11.0. The van der Waals surface area contributed by atoms with Crippen LogP contribution in [0.3, 0.4) is 0 Å². The summed E-state index contributed by atoms with van der Waals surface area (Å²) in [6.07, 6.45) is 0. The smallest absolute Gasteiger partial charge is 0.223 e. The third-order valence-electron chi connectivity index (χ3n) is 1.69. The third kappa shape index (κ3) is 1.97. The molecule has 0 heterocycles. The van der Waals surface area contributed by atoms with Gasteiger partial charge in [-0.15, -0.1) is 0 Å². The summed E-state index contributed by atoms with van der Waals surface area (Å²) < 4.78 is 1.09. The Kier molecular flexibility index (Phi) is 3.08. The van der Waals surface area contributed by atoms with Crippen molar-refractivity contribution in [2.75, 3.05) is 11.9 Å². The number of hydrogen-bond donors (Lipinski definition) is 0. The molecular weight excluding hydrogens is 265 g/mol. The van der Waals surface area contributed by atoms with Gasteiger partial charge < -0.3 is 4.90 Å². The molecule has 0 atom stereocenters. The fraction of sp³-hybridized carbons (Fsp3) is 0.222. The molecule has 1 aromatic rings. The number of hydrogen-bond acceptors (Lipinski definition) is 1. The van der Waals surface area contributed by atoms with Crippen molar-refractivity contribution in [2.45, 2.75) is 6.92 Å². The molecule has 0 aromatic heterocycles. The minimum absolute atomic E-state index is 0.0547. The Morgan fingerprint density at radius 3 is 2.50 bits per heavy atom. The number of para-hydroxylation sites is 1. The maximum atomic E-state index is 11.0. The van der Waals surface area contributed by atoms with Crippen LogP contribution in [-0.4, -0.2) is 13.0 Å². The second-order valence-electron chi connectivity index (χ2n) is 2.53. The Labute approximate surface area is 85.7 Å². The minimum Gasteiger partial charge on any atom is -0.315 e. The Morgan fingerprint density at radius 1 is 1.42 bits per heavy atom. The summed E-state index contributed by atoms with van der Waals surface area (Å²) in [5, 5.41) is 0. The van der Waals surface area contributed by atoms with E-state index in [2.05, 4.69) is 22.6 Å². The highest BCUT2D eigenvalue weighted by molar-refractivity contribution is 14.1. The van der Waals surface area contributed by atoms with Crippen molar-refractivity contribution < 1.29 is 4.79 Å². The summed E-state index contributed by atoms with van der Waals surface area (Å²) in [5.41, 5.74) is 0.964. The molecule has 0 saturated heterocycles. The van der Waals surface area contributed by atoms with Crippen LogP contribution in [0.2, 0.25) is 0 Å². The SMILES string of the molecule is CC(=O)N(C)c1ccccc1I. The highest BCUT2D eigenvalue weighted by Crippen LogP contribution is 2.20. The van der Waals surface area contributed by atoms with E-state index in [1.54, 1.807) is 18.9 Å². The van der Waals surface area contributed by atoms with Gasteiger partial charge in [0.25, 0.3) is 0 Å². The zero-order chi connectivity index (χ0) is 9.14. The fourth-order valence-corrected chi connectivity index (χ4v) is 1.64. The number of amides is 1. The molecule has 0 radical (unpaired) electrons. The summed E-state index contributed by atoms with van der Waals surface area (Å²) in [6, 6.07) is 7.80. The first-order chi connectivity index (χ1) is 5.63. The van der Waals surface area contributed by atoms with Gasteiger partial charge in [0.1, 0.15) is 0 Å². The standard InChI is InChI=1S/C9H10INO/c1-7(12)11(2)9-6-4-3-5-8(9)10/h3-6H,1-2H3. The molecule has 0 aliphatic rings. The number of rotatable bonds is 1. The number of anilines is 1. The lowest BCUT2D eigenvalue weighted by molar-refractivity contribution is -0.116. The Hall–Kier alpha value is -0.580. The lowest BCUT2D eigenvalue weighted by atomic mass is 10.3. The second kappa shape index (κ2) is 3.89.